The van der Waals surface area contributed by atoms with Gasteiger partial charge in [0.1, 0.15) is 0 Å². The fraction of sp³-hybridized carbons (Fsp3) is 0.800. The van der Waals surface area contributed by atoms with E-state index in [1.165, 1.54) is 0 Å². The van der Waals surface area contributed by atoms with E-state index in [0.29, 0.717) is 0 Å². The number of terminal acetylenes is 1. The van der Waals surface area contributed by atoms with Crippen molar-refractivity contribution in [1.29, 1.82) is 0 Å². The lowest BCUT2D eigenvalue weighted by Gasteiger charge is -2.29. The van der Waals surface area contributed by atoms with Gasteiger partial charge in [-0.1, -0.05) is 27.7 Å². The molecule has 0 spiro atoms. The number of rotatable bonds is 2. The molecule has 64 valence electrons. The van der Waals surface area contributed by atoms with Crippen LogP contribution in [0.15, 0.2) is 0 Å². The third-order valence-electron chi connectivity index (χ3n) is 1.92. The third-order valence-corrected chi connectivity index (χ3v) is 1.92. The Balaban J connectivity index is 4.32. The molecule has 2 atom stereocenters. The first-order chi connectivity index (χ1) is 4.93. The average molecular weight is 154 g/mol. The van der Waals surface area contributed by atoms with Crippen LogP contribution in [0.1, 0.15) is 34.1 Å². The molecule has 0 unspecified atom stereocenters. The minimum Gasteiger partial charge on any atom is -0.392 e. The van der Waals surface area contributed by atoms with Crippen molar-refractivity contribution >= 4 is 0 Å². The van der Waals surface area contributed by atoms with Gasteiger partial charge >= 0.3 is 0 Å². The lowest BCUT2D eigenvalue weighted by atomic mass is 9.77. The summed E-state index contributed by atoms with van der Waals surface area (Å²) in [5, 5.41) is 9.51. The predicted octanol–water partition coefficient (Wildman–Crippen LogP) is 2.05. The first-order valence-corrected chi connectivity index (χ1v) is 4.07. The molecule has 1 heteroatoms. The highest BCUT2D eigenvalue weighted by molar-refractivity contribution is 5.01. The van der Waals surface area contributed by atoms with E-state index >= 15 is 0 Å². The van der Waals surface area contributed by atoms with Gasteiger partial charge in [-0.2, -0.15) is 0 Å². The van der Waals surface area contributed by atoms with Gasteiger partial charge in [0.2, 0.25) is 0 Å². The van der Waals surface area contributed by atoms with Crippen LogP contribution >= 0.6 is 0 Å². The Morgan fingerprint density at radius 3 is 2.00 bits per heavy atom. The fourth-order valence-corrected chi connectivity index (χ4v) is 1.17. The van der Waals surface area contributed by atoms with E-state index in [2.05, 4.69) is 26.7 Å². The highest BCUT2D eigenvalue weighted by atomic mass is 16.3. The van der Waals surface area contributed by atoms with E-state index in [1.807, 2.05) is 6.92 Å². The number of aliphatic hydroxyl groups excluding tert-OH is 1. The summed E-state index contributed by atoms with van der Waals surface area (Å²) < 4.78 is 0. The van der Waals surface area contributed by atoms with Crippen molar-refractivity contribution in [1.82, 2.24) is 0 Å². The topological polar surface area (TPSA) is 20.2 Å². The second kappa shape index (κ2) is 3.78. The highest BCUT2D eigenvalue weighted by Crippen LogP contribution is 2.28. The van der Waals surface area contributed by atoms with Crippen LogP contribution in [0.2, 0.25) is 0 Å². The van der Waals surface area contributed by atoms with Crippen LogP contribution in [0.5, 0.6) is 0 Å². The summed E-state index contributed by atoms with van der Waals surface area (Å²) >= 11 is 0. The van der Waals surface area contributed by atoms with Crippen LogP contribution in [0.25, 0.3) is 0 Å². The normalized spacial score (nSPS) is 17.1. The molecule has 0 amide bonds. The minimum atomic E-state index is -0.361. The number of hydrogen-bond donors (Lipinski definition) is 1. The Morgan fingerprint density at radius 2 is 1.91 bits per heavy atom. The lowest BCUT2D eigenvalue weighted by Crippen LogP contribution is -2.30. The summed E-state index contributed by atoms with van der Waals surface area (Å²) in [7, 11) is 0. The molecule has 0 aliphatic rings. The second-order valence-corrected chi connectivity index (χ2v) is 3.99. The van der Waals surface area contributed by atoms with Crippen LogP contribution in [0, 0.1) is 23.7 Å². The molecule has 1 nitrogen and oxygen atoms in total. The maximum Gasteiger partial charge on any atom is 0.0680 e. The van der Waals surface area contributed by atoms with Crippen LogP contribution in [0.3, 0.4) is 0 Å². The third kappa shape index (κ3) is 2.95. The largest absolute Gasteiger partial charge is 0.392 e. The Hall–Kier alpha value is -0.480. The molecule has 0 fully saturated rings. The summed E-state index contributed by atoms with van der Waals surface area (Å²) in [6.07, 6.45) is 5.69. The van der Waals surface area contributed by atoms with Gasteiger partial charge in [0.15, 0.2) is 0 Å². The quantitative estimate of drug-likeness (QED) is 0.603. The molecule has 0 aromatic rings. The van der Waals surface area contributed by atoms with Crippen molar-refractivity contribution in [2.75, 3.05) is 0 Å². The van der Waals surface area contributed by atoms with Crippen molar-refractivity contribution in [2.24, 2.45) is 11.3 Å². The molecule has 0 aliphatic carbocycles. The van der Waals surface area contributed by atoms with Crippen LogP contribution < -0.4 is 0 Å². The molecule has 0 bridgehead atoms. The van der Waals surface area contributed by atoms with Crippen LogP contribution in [0.4, 0.5) is 0 Å². The van der Waals surface area contributed by atoms with E-state index in [0.717, 1.165) is 6.42 Å². The van der Waals surface area contributed by atoms with Gasteiger partial charge < -0.3 is 5.11 Å². The van der Waals surface area contributed by atoms with E-state index in [4.69, 9.17) is 6.42 Å². The van der Waals surface area contributed by atoms with Crippen molar-refractivity contribution in [3.8, 4) is 12.3 Å². The first-order valence-electron chi connectivity index (χ1n) is 4.07. The molecule has 1 N–H and O–H groups in total. The molecule has 0 saturated carbocycles. The molecule has 0 aromatic heterocycles. The smallest absolute Gasteiger partial charge is 0.0680 e. The van der Waals surface area contributed by atoms with E-state index < -0.39 is 0 Å². The summed E-state index contributed by atoms with van der Waals surface area (Å²) in [6.45, 7) is 8.10. The maximum absolute atomic E-state index is 9.51. The lowest BCUT2D eigenvalue weighted by molar-refractivity contribution is 0.0742. The predicted molar refractivity (Wildman–Crippen MR) is 48.1 cm³/mol. The molecule has 0 saturated heterocycles. The standard InChI is InChI=1S/C10H18O/c1-6-8(9(11)7-2)10(3,4)5/h1,8-9,11H,7H2,2-5H3/t8-,9-/m1/s1. The number of hydrogen-bond acceptors (Lipinski definition) is 1. The van der Waals surface area contributed by atoms with Gasteiger partial charge in [0, 0.05) is 0 Å². The Labute approximate surface area is 69.8 Å². The van der Waals surface area contributed by atoms with Crippen LogP contribution in [-0.2, 0) is 0 Å². The molecule has 0 aliphatic heterocycles. The monoisotopic (exact) mass is 154 g/mol. The average Bonchev–Trinajstić information content (AvgIpc) is 1.86. The number of aliphatic hydroxyl groups is 1. The SMILES string of the molecule is C#C[C@H]([C@H](O)CC)C(C)(C)C. The van der Waals surface area contributed by atoms with Crippen molar-refractivity contribution in [3.05, 3.63) is 0 Å². The highest BCUT2D eigenvalue weighted by Gasteiger charge is 2.27. The Morgan fingerprint density at radius 1 is 1.45 bits per heavy atom. The summed E-state index contributed by atoms with van der Waals surface area (Å²) in [4.78, 5) is 0. The van der Waals surface area contributed by atoms with E-state index in [-0.39, 0.29) is 17.4 Å². The van der Waals surface area contributed by atoms with Gasteiger partial charge in [0.05, 0.1) is 12.0 Å². The van der Waals surface area contributed by atoms with Gasteiger partial charge in [0.25, 0.3) is 0 Å². The fourth-order valence-electron chi connectivity index (χ4n) is 1.17. The maximum atomic E-state index is 9.51. The first kappa shape index (κ1) is 10.5. The Kier molecular flexibility index (Phi) is 3.62. The Bertz CT molecular complexity index is 147. The molecular formula is C10H18O. The summed E-state index contributed by atoms with van der Waals surface area (Å²) in [6, 6.07) is 0. The molecule has 0 rings (SSSR count). The van der Waals surface area contributed by atoms with E-state index in [9.17, 15) is 5.11 Å². The molecular weight excluding hydrogens is 136 g/mol. The van der Waals surface area contributed by atoms with Gasteiger partial charge in [-0.15, -0.1) is 12.3 Å². The zero-order chi connectivity index (χ0) is 9.07. The van der Waals surface area contributed by atoms with Crippen molar-refractivity contribution in [2.45, 2.75) is 40.2 Å². The van der Waals surface area contributed by atoms with Crippen molar-refractivity contribution < 1.29 is 5.11 Å². The molecule has 0 radical (unpaired) electrons. The molecule has 11 heavy (non-hydrogen) atoms. The molecule has 0 aromatic carbocycles. The van der Waals surface area contributed by atoms with E-state index in [1.54, 1.807) is 0 Å². The second-order valence-electron chi connectivity index (χ2n) is 3.99. The molecule has 0 heterocycles. The summed E-state index contributed by atoms with van der Waals surface area (Å²) in [5.41, 5.74) is 0.00414. The zero-order valence-electron chi connectivity index (χ0n) is 7.89. The van der Waals surface area contributed by atoms with Crippen molar-refractivity contribution in [3.63, 3.8) is 0 Å². The summed E-state index contributed by atoms with van der Waals surface area (Å²) in [5.74, 6) is 2.61. The van der Waals surface area contributed by atoms with Crippen LogP contribution in [-0.4, -0.2) is 11.2 Å². The van der Waals surface area contributed by atoms with Gasteiger partial charge in [-0.3, -0.25) is 0 Å². The van der Waals surface area contributed by atoms with Gasteiger partial charge in [-0.05, 0) is 11.8 Å². The minimum absolute atomic E-state index is 0.00414. The zero-order valence-corrected chi connectivity index (χ0v) is 7.89. The van der Waals surface area contributed by atoms with Gasteiger partial charge in [-0.25, -0.2) is 0 Å².